The van der Waals surface area contributed by atoms with E-state index >= 15 is 0 Å². The lowest BCUT2D eigenvalue weighted by atomic mass is 9.91. The van der Waals surface area contributed by atoms with E-state index in [-0.39, 0.29) is 0 Å². The Morgan fingerprint density at radius 2 is 2.24 bits per heavy atom. The summed E-state index contributed by atoms with van der Waals surface area (Å²) in [4.78, 5) is 0. The minimum Gasteiger partial charge on any atom is -0.324 e. The first-order valence-electron chi connectivity index (χ1n) is 6.53. The fourth-order valence-corrected chi connectivity index (χ4v) is 3.97. The van der Waals surface area contributed by atoms with Crippen molar-refractivity contribution in [3.8, 4) is 0 Å². The number of thioether (sulfide) groups is 1. The summed E-state index contributed by atoms with van der Waals surface area (Å²) in [5, 5.41) is 10.2. The molecule has 5 heteroatoms. The molecule has 1 aliphatic carbocycles. The molecule has 17 heavy (non-hydrogen) atoms. The summed E-state index contributed by atoms with van der Waals surface area (Å²) in [6.07, 6.45) is 5.34. The van der Waals surface area contributed by atoms with Crippen LogP contribution in [0.5, 0.6) is 0 Å². The second-order valence-corrected chi connectivity index (χ2v) is 6.13. The van der Waals surface area contributed by atoms with Crippen LogP contribution < -0.4 is 5.73 Å². The smallest absolute Gasteiger partial charge is 0.191 e. The highest BCUT2D eigenvalue weighted by Crippen LogP contribution is 2.35. The largest absolute Gasteiger partial charge is 0.324 e. The zero-order valence-corrected chi connectivity index (χ0v) is 11.5. The summed E-state index contributed by atoms with van der Waals surface area (Å²) in [6, 6.07) is 0. The number of aromatic nitrogens is 3. The lowest BCUT2D eigenvalue weighted by Crippen LogP contribution is -2.16. The van der Waals surface area contributed by atoms with Crippen molar-refractivity contribution in [2.45, 2.75) is 63.0 Å². The van der Waals surface area contributed by atoms with E-state index in [9.17, 15) is 0 Å². The first-order chi connectivity index (χ1) is 8.24. The van der Waals surface area contributed by atoms with Crippen molar-refractivity contribution < 1.29 is 0 Å². The van der Waals surface area contributed by atoms with E-state index < -0.39 is 0 Å². The quantitative estimate of drug-likeness (QED) is 0.896. The van der Waals surface area contributed by atoms with Crippen molar-refractivity contribution >= 4 is 11.8 Å². The van der Waals surface area contributed by atoms with Crippen LogP contribution in [0.25, 0.3) is 0 Å². The van der Waals surface area contributed by atoms with Gasteiger partial charge < -0.3 is 10.3 Å². The van der Waals surface area contributed by atoms with Gasteiger partial charge >= 0.3 is 0 Å². The van der Waals surface area contributed by atoms with Gasteiger partial charge in [0.25, 0.3) is 0 Å². The molecule has 0 bridgehead atoms. The van der Waals surface area contributed by atoms with Crippen molar-refractivity contribution in [2.75, 3.05) is 0 Å². The third-order valence-corrected chi connectivity index (χ3v) is 4.73. The summed E-state index contributed by atoms with van der Waals surface area (Å²) >= 11 is 1.89. The van der Waals surface area contributed by atoms with Crippen molar-refractivity contribution in [2.24, 2.45) is 11.7 Å². The van der Waals surface area contributed by atoms with Crippen LogP contribution in [0.2, 0.25) is 0 Å². The average molecular weight is 254 g/mol. The second-order valence-electron chi connectivity index (χ2n) is 4.86. The highest BCUT2D eigenvalue weighted by atomic mass is 32.2. The Kier molecular flexibility index (Phi) is 4.45. The molecule has 0 radical (unpaired) electrons. The minimum absolute atomic E-state index is 0.475. The van der Waals surface area contributed by atoms with Crippen LogP contribution in [0, 0.1) is 5.92 Å². The Morgan fingerprint density at radius 3 is 2.88 bits per heavy atom. The lowest BCUT2D eigenvalue weighted by molar-refractivity contribution is 0.393. The minimum atomic E-state index is 0.475. The van der Waals surface area contributed by atoms with E-state index in [4.69, 9.17) is 5.73 Å². The summed E-state index contributed by atoms with van der Waals surface area (Å²) in [5.74, 6) is 1.76. The first-order valence-corrected chi connectivity index (χ1v) is 7.41. The summed E-state index contributed by atoms with van der Waals surface area (Å²) in [6.45, 7) is 5.85. The average Bonchev–Trinajstić information content (AvgIpc) is 2.71. The predicted molar refractivity (Wildman–Crippen MR) is 70.9 cm³/mol. The number of hydrogen-bond donors (Lipinski definition) is 1. The molecule has 1 fully saturated rings. The van der Waals surface area contributed by atoms with E-state index in [1.807, 2.05) is 11.8 Å². The summed E-state index contributed by atoms with van der Waals surface area (Å²) in [5.41, 5.74) is 5.66. The molecule has 0 aliphatic heterocycles. The van der Waals surface area contributed by atoms with Crippen molar-refractivity contribution in [3.05, 3.63) is 5.82 Å². The number of rotatable bonds is 4. The van der Waals surface area contributed by atoms with Gasteiger partial charge in [0, 0.05) is 11.8 Å². The fraction of sp³-hybridized carbons (Fsp3) is 0.833. The van der Waals surface area contributed by atoms with Gasteiger partial charge in [0.15, 0.2) is 5.16 Å². The molecule has 1 heterocycles. The zero-order chi connectivity index (χ0) is 12.3. The van der Waals surface area contributed by atoms with Crippen molar-refractivity contribution in [1.29, 1.82) is 0 Å². The molecule has 0 spiro atoms. The van der Waals surface area contributed by atoms with Gasteiger partial charge in [-0.25, -0.2) is 0 Å². The van der Waals surface area contributed by atoms with Crippen LogP contribution >= 0.6 is 11.8 Å². The van der Waals surface area contributed by atoms with Crippen LogP contribution in [-0.2, 0) is 13.1 Å². The maximum absolute atomic E-state index is 5.66. The van der Waals surface area contributed by atoms with E-state index in [1.54, 1.807) is 0 Å². The monoisotopic (exact) mass is 254 g/mol. The molecule has 2 unspecified atom stereocenters. The normalized spacial score (nSPS) is 25.1. The topological polar surface area (TPSA) is 56.7 Å². The molecule has 1 aliphatic rings. The fourth-order valence-electron chi connectivity index (χ4n) is 2.51. The Balaban J connectivity index is 2.04. The maximum atomic E-state index is 5.66. The van der Waals surface area contributed by atoms with E-state index in [0.717, 1.165) is 23.4 Å². The molecule has 0 saturated heterocycles. The van der Waals surface area contributed by atoms with Crippen LogP contribution in [-0.4, -0.2) is 20.0 Å². The predicted octanol–water partition coefficient (Wildman–Crippen LogP) is 2.43. The molecule has 2 atom stereocenters. The van der Waals surface area contributed by atoms with Gasteiger partial charge in [-0.2, -0.15) is 0 Å². The third-order valence-electron chi connectivity index (χ3n) is 3.45. The first kappa shape index (κ1) is 12.9. The van der Waals surface area contributed by atoms with Gasteiger partial charge in [-0.15, -0.1) is 10.2 Å². The van der Waals surface area contributed by atoms with Crippen molar-refractivity contribution in [3.63, 3.8) is 0 Å². The Hall–Kier alpha value is -0.550. The molecule has 0 amide bonds. The number of nitrogens with two attached hydrogens (primary N) is 1. The lowest BCUT2D eigenvalue weighted by Gasteiger charge is -2.25. The SMILES string of the molecule is CCn1c(CN)nnc1SC1CCCC(C)C1. The number of hydrogen-bond acceptors (Lipinski definition) is 4. The van der Waals surface area contributed by atoms with Crippen molar-refractivity contribution in [1.82, 2.24) is 14.8 Å². The Morgan fingerprint density at radius 1 is 1.41 bits per heavy atom. The molecule has 1 aromatic heterocycles. The van der Waals surface area contributed by atoms with Crippen LogP contribution in [0.4, 0.5) is 0 Å². The standard InChI is InChI=1S/C12H22N4S/c1-3-16-11(8-13)14-15-12(16)17-10-6-4-5-9(2)7-10/h9-10H,3-8,13H2,1-2H3. The molecule has 0 aromatic carbocycles. The molecular weight excluding hydrogens is 232 g/mol. The summed E-state index contributed by atoms with van der Waals surface area (Å²) < 4.78 is 2.14. The maximum Gasteiger partial charge on any atom is 0.191 e. The molecule has 1 aromatic rings. The number of nitrogens with zero attached hydrogens (tertiary/aromatic N) is 3. The van der Waals surface area contributed by atoms with Gasteiger partial charge in [0.05, 0.1) is 6.54 Å². The van der Waals surface area contributed by atoms with Gasteiger partial charge in [-0.1, -0.05) is 31.5 Å². The van der Waals surface area contributed by atoms with Crippen LogP contribution in [0.3, 0.4) is 0 Å². The third kappa shape index (κ3) is 3.01. The molecule has 2 N–H and O–H groups in total. The molecule has 96 valence electrons. The summed E-state index contributed by atoms with van der Waals surface area (Å²) in [7, 11) is 0. The molecule has 4 nitrogen and oxygen atoms in total. The Labute approximate surface area is 107 Å². The Bertz CT molecular complexity index is 363. The van der Waals surface area contributed by atoms with Crippen LogP contribution in [0.1, 0.15) is 45.4 Å². The second kappa shape index (κ2) is 5.87. The van der Waals surface area contributed by atoms with E-state index in [1.165, 1.54) is 25.7 Å². The van der Waals surface area contributed by atoms with E-state index in [2.05, 4.69) is 28.6 Å². The molecule has 1 saturated carbocycles. The molecular formula is C12H22N4S. The van der Waals surface area contributed by atoms with Crippen LogP contribution in [0.15, 0.2) is 5.16 Å². The highest BCUT2D eigenvalue weighted by molar-refractivity contribution is 7.99. The van der Waals surface area contributed by atoms with Gasteiger partial charge in [-0.05, 0) is 25.7 Å². The van der Waals surface area contributed by atoms with Gasteiger partial charge in [0.1, 0.15) is 5.82 Å². The zero-order valence-electron chi connectivity index (χ0n) is 10.7. The van der Waals surface area contributed by atoms with Gasteiger partial charge in [-0.3, -0.25) is 0 Å². The van der Waals surface area contributed by atoms with Gasteiger partial charge in [0.2, 0.25) is 0 Å². The molecule has 2 rings (SSSR count). The van der Waals surface area contributed by atoms with E-state index in [0.29, 0.717) is 11.8 Å². The highest BCUT2D eigenvalue weighted by Gasteiger charge is 2.22.